The molecule has 1 aromatic carbocycles. The average Bonchev–Trinajstić information content (AvgIpc) is 2.92. The zero-order chi connectivity index (χ0) is 19.0. The second kappa shape index (κ2) is 6.88. The quantitative estimate of drug-likeness (QED) is 0.756. The summed E-state index contributed by atoms with van der Waals surface area (Å²) < 4.78 is 8.65. The molecule has 3 heterocycles. The fourth-order valence-corrected chi connectivity index (χ4v) is 3.40. The summed E-state index contributed by atoms with van der Waals surface area (Å²) in [4.78, 5) is 31.1. The fraction of sp³-hybridized carbons (Fsp3) is 0.316. The molecule has 1 N–H and O–H groups in total. The van der Waals surface area contributed by atoms with Gasteiger partial charge in [0.1, 0.15) is 0 Å². The zero-order valence-corrected chi connectivity index (χ0v) is 15.3. The molecule has 0 bridgehead atoms. The number of anilines is 2. The lowest BCUT2D eigenvalue weighted by Crippen LogP contribution is -2.36. The second-order valence-electron chi connectivity index (χ2n) is 6.55. The van der Waals surface area contributed by atoms with Crippen LogP contribution in [-0.4, -0.2) is 46.3 Å². The lowest BCUT2D eigenvalue weighted by molar-refractivity contribution is 0.102. The van der Waals surface area contributed by atoms with Gasteiger partial charge in [-0.3, -0.25) is 18.9 Å². The van der Waals surface area contributed by atoms with Crippen molar-refractivity contribution >= 4 is 28.3 Å². The summed E-state index contributed by atoms with van der Waals surface area (Å²) in [5, 5.41) is 3.00. The average molecular weight is 367 g/mol. The van der Waals surface area contributed by atoms with Gasteiger partial charge in [-0.25, -0.2) is 4.79 Å². The van der Waals surface area contributed by atoms with E-state index < -0.39 is 0 Å². The molecular weight excluding hydrogens is 346 g/mol. The largest absolute Gasteiger partial charge is 0.378 e. The van der Waals surface area contributed by atoms with E-state index in [1.807, 2.05) is 12.1 Å². The van der Waals surface area contributed by atoms with Gasteiger partial charge in [0, 0.05) is 45.1 Å². The smallest absolute Gasteiger partial charge is 0.328 e. The summed E-state index contributed by atoms with van der Waals surface area (Å²) in [7, 11) is 3.48. The van der Waals surface area contributed by atoms with Crippen molar-refractivity contribution in [3.8, 4) is 0 Å². The van der Waals surface area contributed by atoms with Gasteiger partial charge in [-0.2, -0.15) is 0 Å². The predicted molar refractivity (Wildman–Crippen MR) is 103 cm³/mol. The Kier molecular flexibility index (Phi) is 4.41. The first-order chi connectivity index (χ1) is 13.1. The minimum atomic E-state index is -0.216. The number of nitrogens with zero attached hydrogens (tertiary/aromatic N) is 4. The van der Waals surface area contributed by atoms with Gasteiger partial charge in [0.05, 0.1) is 35.6 Å². The molecule has 1 fully saturated rings. The van der Waals surface area contributed by atoms with Crippen LogP contribution < -0.4 is 15.9 Å². The lowest BCUT2D eigenvalue weighted by Gasteiger charge is -2.30. The number of aromatic nitrogens is 3. The molecule has 0 unspecified atom stereocenters. The molecule has 1 saturated heterocycles. The van der Waals surface area contributed by atoms with Crippen LogP contribution in [0.1, 0.15) is 10.4 Å². The van der Waals surface area contributed by atoms with Gasteiger partial charge in [-0.05, 0) is 24.3 Å². The highest BCUT2D eigenvalue weighted by Gasteiger charge is 2.20. The number of carbonyl (C=O) groups excluding carboxylic acids is 1. The van der Waals surface area contributed by atoms with Gasteiger partial charge in [0.2, 0.25) is 0 Å². The maximum atomic E-state index is 12.7. The number of hydrogen-bond acceptors (Lipinski definition) is 5. The van der Waals surface area contributed by atoms with Gasteiger partial charge >= 0.3 is 5.69 Å². The first-order valence-electron chi connectivity index (χ1n) is 8.80. The number of benzene rings is 1. The first-order valence-corrected chi connectivity index (χ1v) is 8.80. The molecule has 0 radical (unpaired) electrons. The van der Waals surface area contributed by atoms with Crippen LogP contribution in [-0.2, 0) is 18.8 Å². The van der Waals surface area contributed by atoms with Crippen molar-refractivity contribution in [2.75, 3.05) is 36.5 Å². The van der Waals surface area contributed by atoms with Crippen molar-refractivity contribution in [1.29, 1.82) is 0 Å². The number of carbonyl (C=O) groups is 1. The van der Waals surface area contributed by atoms with E-state index in [0.29, 0.717) is 24.5 Å². The van der Waals surface area contributed by atoms with E-state index in [1.54, 1.807) is 47.8 Å². The minimum absolute atomic E-state index is 0.101. The van der Waals surface area contributed by atoms with E-state index >= 15 is 0 Å². The molecule has 2 aromatic heterocycles. The Balaban J connectivity index is 1.82. The van der Waals surface area contributed by atoms with Crippen LogP contribution in [0.3, 0.4) is 0 Å². The molecule has 0 saturated carbocycles. The summed E-state index contributed by atoms with van der Waals surface area (Å²) in [5.74, 6) is -0.216. The van der Waals surface area contributed by atoms with Crippen LogP contribution in [0.4, 0.5) is 11.4 Å². The van der Waals surface area contributed by atoms with Crippen LogP contribution in [0.2, 0.25) is 0 Å². The van der Waals surface area contributed by atoms with Crippen molar-refractivity contribution < 1.29 is 9.53 Å². The number of hydrogen-bond donors (Lipinski definition) is 1. The lowest BCUT2D eigenvalue weighted by atomic mass is 10.1. The van der Waals surface area contributed by atoms with Crippen molar-refractivity contribution in [1.82, 2.24) is 14.1 Å². The van der Waals surface area contributed by atoms with Crippen LogP contribution >= 0.6 is 0 Å². The molecule has 1 aliphatic heterocycles. The normalized spacial score (nSPS) is 14.5. The summed E-state index contributed by atoms with van der Waals surface area (Å²) >= 11 is 0. The molecule has 140 valence electrons. The number of fused-ring (bicyclic) bond motifs is 1. The molecule has 0 aliphatic carbocycles. The molecule has 3 aromatic rings. The Morgan fingerprint density at radius 1 is 1.07 bits per heavy atom. The number of amides is 1. The number of nitrogens with one attached hydrogen (secondary N) is 1. The third-order valence-electron chi connectivity index (χ3n) is 4.93. The molecule has 4 rings (SSSR count). The molecule has 0 spiro atoms. The van der Waals surface area contributed by atoms with Gasteiger partial charge in [0.15, 0.2) is 0 Å². The number of pyridine rings is 1. The number of imidazole rings is 1. The van der Waals surface area contributed by atoms with E-state index in [9.17, 15) is 9.59 Å². The number of aryl methyl sites for hydroxylation is 2. The highest BCUT2D eigenvalue weighted by Crippen LogP contribution is 2.32. The third-order valence-corrected chi connectivity index (χ3v) is 4.93. The van der Waals surface area contributed by atoms with E-state index in [-0.39, 0.29) is 11.6 Å². The first kappa shape index (κ1) is 17.3. The fourth-order valence-electron chi connectivity index (χ4n) is 3.40. The Labute approximate surface area is 156 Å². The van der Waals surface area contributed by atoms with Gasteiger partial charge in [-0.15, -0.1) is 0 Å². The molecular formula is C19H21N5O3. The van der Waals surface area contributed by atoms with Gasteiger partial charge in [-0.1, -0.05) is 0 Å². The number of morpholine rings is 1. The zero-order valence-electron chi connectivity index (χ0n) is 15.3. The SMILES string of the molecule is Cn1c(=O)n(C)c2cc(N3CCOCC3)c(NC(=O)c3ccncc3)cc21. The summed E-state index contributed by atoms with van der Waals surface area (Å²) in [6.07, 6.45) is 3.17. The van der Waals surface area contributed by atoms with Crippen LogP contribution in [0.25, 0.3) is 11.0 Å². The summed E-state index contributed by atoms with van der Waals surface area (Å²) in [6.45, 7) is 2.71. The molecule has 1 aliphatic rings. The van der Waals surface area contributed by atoms with Crippen LogP contribution in [0.5, 0.6) is 0 Å². The Morgan fingerprint density at radius 3 is 2.37 bits per heavy atom. The molecule has 1 amide bonds. The molecule has 27 heavy (non-hydrogen) atoms. The standard InChI is InChI=1S/C19H21N5O3/c1-22-16-11-14(21-18(25)13-3-5-20-6-4-13)15(24-7-9-27-10-8-24)12-17(16)23(2)19(22)26/h3-6,11-12H,7-10H2,1-2H3,(H,21,25). The van der Waals surface area contributed by atoms with Gasteiger partial charge in [0.25, 0.3) is 5.91 Å². The number of ether oxygens (including phenoxy) is 1. The molecule has 8 heteroatoms. The third kappa shape index (κ3) is 3.08. The topological polar surface area (TPSA) is 81.4 Å². The minimum Gasteiger partial charge on any atom is -0.378 e. The Bertz CT molecular complexity index is 1050. The van der Waals surface area contributed by atoms with Gasteiger partial charge < -0.3 is 15.0 Å². The highest BCUT2D eigenvalue weighted by atomic mass is 16.5. The highest BCUT2D eigenvalue weighted by molar-refractivity contribution is 6.07. The maximum Gasteiger partial charge on any atom is 0.328 e. The van der Waals surface area contributed by atoms with E-state index in [0.717, 1.165) is 29.8 Å². The van der Waals surface area contributed by atoms with E-state index in [1.165, 1.54) is 0 Å². The van der Waals surface area contributed by atoms with Crippen molar-refractivity contribution in [3.05, 3.63) is 52.7 Å². The summed E-state index contributed by atoms with van der Waals surface area (Å²) in [6, 6.07) is 7.16. The monoisotopic (exact) mass is 367 g/mol. The van der Waals surface area contributed by atoms with E-state index in [4.69, 9.17) is 4.74 Å². The molecule has 8 nitrogen and oxygen atoms in total. The van der Waals surface area contributed by atoms with E-state index in [2.05, 4.69) is 15.2 Å². The number of rotatable bonds is 3. The van der Waals surface area contributed by atoms with Crippen molar-refractivity contribution in [2.45, 2.75) is 0 Å². The Hall–Kier alpha value is -3.13. The maximum absolute atomic E-state index is 12.7. The predicted octanol–water partition coefficient (Wildman–Crippen LogP) is 1.36. The molecule has 0 atom stereocenters. The van der Waals surface area contributed by atoms with Crippen LogP contribution in [0, 0.1) is 0 Å². The second-order valence-corrected chi connectivity index (χ2v) is 6.55. The summed E-state index contributed by atoms with van der Waals surface area (Å²) in [5.41, 5.74) is 3.58. The van der Waals surface area contributed by atoms with Crippen LogP contribution in [0.15, 0.2) is 41.5 Å². The van der Waals surface area contributed by atoms with Crippen molar-refractivity contribution in [2.24, 2.45) is 14.1 Å². The Morgan fingerprint density at radius 2 is 1.70 bits per heavy atom. The van der Waals surface area contributed by atoms with Crippen molar-refractivity contribution in [3.63, 3.8) is 0 Å².